The van der Waals surface area contributed by atoms with E-state index in [2.05, 4.69) is 37.9 Å². The second kappa shape index (κ2) is 5.62. The first-order valence-corrected chi connectivity index (χ1v) is 8.18. The first-order chi connectivity index (χ1) is 10.8. The van der Waals surface area contributed by atoms with Gasteiger partial charge in [0.1, 0.15) is 23.3 Å². The fraction of sp³-hybridized carbons (Fsp3) is 0.429. The minimum absolute atomic E-state index is 0.00515. The predicted molar refractivity (Wildman–Crippen MR) is 83.2 cm³/mol. The Kier molecular flexibility index (Phi) is 3.47. The monoisotopic (exact) mass is 316 g/mol. The third-order valence-electron chi connectivity index (χ3n) is 3.77. The molecule has 1 fully saturated rings. The van der Waals surface area contributed by atoms with Gasteiger partial charge < -0.3 is 9.64 Å². The maximum atomic E-state index is 5.87. The molecule has 3 aromatic rings. The Bertz CT molecular complexity index is 771. The smallest absolute Gasteiger partial charge is 0.254 e. The van der Waals surface area contributed by atoms with Crippen molar-refractivity contribution in [3.05, 3.63) is 34.7 Å². The molecule has 0 saturated carbocycles. The number of fused-ring (bicyclic) bond motifs is 1. The minimum atomic E-state index is 0.00515. The third kappa shape index (κ3) is 2.34. The van der Waals surface area contributed by atoms with Crippen LogP contribution in [0, 0.1) is 0 Å². The standard InChI is InChI=1S/C14H16N6OS/c1-2-10-7-12(20-14(18-10)16-9-17-20)19-4-5-21-11(8-19)13-15-3-6-22-13/h3,6-7,9,11H,2,4-5,8H2,1H3/t11-/m0/s1. The molecule has 0 unspecified atom stereocenters. The van der Waals surface area contributed by atoms with E-state index in [4.69, 9.17) is 4.74 Å². The Morgan fingerprint density at radius 1 is 1.41 bits per heavy atom. The molecule has 0 spiro atoms. The van der Waals surface area contributed by atoms with Crippen LogP contribution >= 0.6 is 11.3 Å². The maximum absolute atomic E-state index is 5.87. The van der Waals surface area contributed by atoms with E-state index < -0.39 is 0 Å². The van der Waals surface area contributed by atoms with Gasteiger partial charge in [0.2, 0.25) is 0 Å². The fourth-order valence-electron chi connectivity index (χ4n) is 2.65. The molecule has 0 aromatic carbocycles. The van der Waals surface area contributed by atoms with Crippen molar-refractivity contribution in [1.29, 1.82) is 0 Å². The minimum Gasteiger partial charge on any atom is -0.367 e. The summed E-state index contributed by atoms with van der Waals surface area (Å²) in [7, 11) is 0. The van der Waals surface area contributed by atoms with E-state index in [1.807, 2.05) is 11.6 Å². The van der Waals surface area contributed by atoms with Gasteiger partial charge in [-0.05, 0) is 6.42 Å². The summed E-state index contributed by atoms with van der Waals surface area (Å²) in [5.74, 6) is 1.66. The summed E-state index contributed by atoms with van der Waals surface area (Å²) >= 11 is 1.63. The number of morpholine rings is 1. The van der Waals surface area contributed by atoms with Crippen molar-refractivity contribution >= 4 is 22.9 Å². The van der Waals surface area contributed by atoms with Crippen LogP contribution in [0.3, 0.4) is 0 Å². The number of aryl methyl sites for hydroxylation is 1. The molecule has 0 radical (unpaired) electrons. The highest BCUT2D eigenvalue weighted by Gasteiger charge is 2.26. The lowest BCUT2D eigenvalue weighted by atomic mass is 10.2. The van der Waals surface area contributed by atoms with Crippen LogP contribution in [-0.4, -0.2) is 44.3 Å². The molecular weight excluding hydrogens is 300 g/mol. The zero-order valence-corrected chi connectivity index (χ0v) is 13.0. The van der Waals surface area contributed by atoms with Crippen LogP contribution in [0.1, 0.15) is 23.7 Å². The summed E-state index contributed by atoms with van der Waals surface area (Å²) in [5.41, 5.74) is 1.02. The molecule has 7 nitrogen and oxygen atoms in total. The SMILES string of the molecule is CCc1cc(N2CCO[C@H](c3nccs3)C2)n2ncnc2n1. The lowest BCUT2D eigenvalue weighted by Crippen LogP contribution is -2.39. The molecule has 114 valence electrons. The van der Waals surface area contributed by atoms with Crippen molar-refractivity contribution < 1.29 is 4.74 Å². The summed E-state index contributed by atoms with van der Waals surface area (Å²) in [6.07, 6.45) is 4.24. The molecule has 0 bridgehead atoms. The van der Waals surface area contributed by atoms with Crippen LogP contribution in [0.5, 0.6) is 0 Å². The molecule has 1 aliphatic heterocycles. The second-order valence-electron chi connectivity index (χ2n) is 5.11. The van der Waals surface area contributed by atoms with E-state index in [1.165, 1.54) is 0 Å². The molecule has 1 atom stereocenters. The van der Waals surface area contributed by atoms with Gasteiger partial charge >= 0.3 is 0 Å². The largest absolute Gasteiger partial charge is 0.367 e. The first-order valence-electron chi connectivity index (χ1n) is 7.30. The molecule has 4 heterocycles. The Morgan fingerprint density at radius 3 is 3.18 bits per heavy atom. The normalized spacial score (nSPS) is 19.0. The summed E-state index contributed by atoms with van der Waals surface area (Å²) < 4.78 is 7.66. The molecule has 0 N–H and O–H groups in total. The van der Waals surface area contributed by atoms with Crippen molar-refractivity contribution in [1.82, 2.24) is 24.6 Å². The summed E-state index contributed by atoms with van der Waals surface area (Å²) in [6, 6.07) is 2.09. The van der Waals surface area contributed by atoms with Crippen molar-refractivity contribution in [2.45, 2.75) is 19.4 Å². The van der Waals surface area contributed by atoms with Crippen LogP contribution in [0.4, 0.5) is 5.82 Å². The van der Waals surface area contributed by atoms with Gasteiger partial charge in [0.05, 0.1) is 13.2 Å². The summed E-state index contributed by atoms with van der Waals surface area (Å²) in [6.45, 7) is 4.35. The second-order valence-corrected chi connectivity index (χ2v) is 6.03. The summed E-state index contributed by atoms with van der Waals surface area (Å²) in [4.78, 5) is 15.4. The number of aromatic nitrogens is 5. The highest BCUT2D eigenvalue weighted by Crippen LogP contribution is 2.27. The van der Waals surface area contributed by atoms with E-state index in [-0.39, 0.29) is 6.10 Å². The van der Waals surface area contributed by atoms with Gasteiger partial charge in [0, 0.05) is 29.9 Å². The van der Waals surface area contributed by atoms with Crippen LogP contribution in [-0.2, 0) is 11.2 Å². The number of nitrogens with zero attached hydrogens (tertiary/aromatic N) is 6. The lowest BCUT2D eigenvalue weighted by molar-refractivity contribution is 0.0392. The maximum Gasteiger partial charge on any atom is 0.254 e. The molecule has 0 aliphatic carbocycles. The van der Waals surface area contributed by atoms with Gasteiger partial charge in [-0.3, -0.25) is 0 Å². The van der Waals surface area contributed by atoms with E-state index in [0.717, 1.165) is 36.0 Å². The van der Waals surface area contributed by atoms with Gasteiger partial charge in [-0.25, -0.2) is 9.97 Å². The van der Waals surface area contributed by atoms with Gasteiger partial charge in [-0.2, -0.15) is 14.6 Å². The Morgan fingerprint density at radius 2 is 2.36 bits per heavy atom. The molecule has 0 amide bonds. The van der Waals surface area contributed by atoms with Crippen molar-refractivity contribution in [3.8, 4) is 0 Å². The molecule has 3 aromatic heterocycles. The molecule has 22 heavy (non-hydrogen) atoms. The number of anilines is 1. The van der Waals surface area contributed by atoms with E-state index >= 15 is 0 Å². The molecule has 4 rings (SSSR count). The average Bonchev–Trinajstić information content (AvgIpc) is 3.25. The predicted octanol–water partition coefficient (Wildman–Crippen LogP) is 1.72. The Hall–Kier alpha value is -2.06. The Labute approximate surface area is 131 Å². The summed E-state index contributed by atoms with van der Waals surface area (Å²) in [5, 5.41) is 7.30. The first kappa shape index (κ1) is 13.6. The fourth-order valence-corrected chi connectivity index (χ4v) is 3.33. The zero-order valence-electron chi connectivity index (χ0n) is 12.2. The van der Waals surface area contributed by atoms with Crippen molar-refractivity contribution in [2.24, 2.45) is 0 Å². The Balaban J connectivity index is 1.70. The number of hydrogen-bond donors (Lipinski definition) is 0. The number of thiazole rings is 1. The molecule has 1 saturated heterocycles. The lowest BCUT2D eigenvalue weighted by Gasteiger charge is -2.33. The highest BCUT2D eigenvalue weighted by molar-refractivity contribution is 7.09. The van der Waals surface area contributed by atoms with Crippen LogP contribution < -0.4 is 4.90 Å². The van der Waals surface area contributed by atoms with Gasteiger partial charge in [-0.1, -0.05) is 6.92 Å². The topological polar surface area (TPSA) is 68.4 Å². The van der Waals surface area contributed by atoms with Crippen LogP contribution in [0.15, 0.2) is 24.0 Å². The highest BCUT2D eigenvalue weighted by atomic mass is 32.1. The zero-order chi connectivity index (χ0) is 14.9. The van der Waals surface area contributed by atoms with Gasteiger partial charge in [0.25, 0.3) is 5.78 Å². The van der Waals surface area contributed by atoms with Gasteiger partial charge in [0.15, 0.2) is 0 Å². The van der Waals surface area contributed by atoms with Crippen LogP contribution in [0.2, 0.25) is 0 Å². The van der Waals surface area contributed by atoms with E-state index in [9.17, 15) is 0 Å². The molecular formula is C14H16N6OS. The third-order valence-corrected chi connectivity index (χ3v) is 4.63. The number of hydrogen-bond acceptors (Lipinski definition) is 7. The molecule has 1 aliphatic rings. The molecule has 8 heteroatoms. The number of ether oxygens (including phenoxy) is 1. The van der Waals surface area contributed by atoms with Crippen molar-refractivity contribution in [2.75, 3.05) is 24.6 Å². The van der Waals surface area contributed by atoms with E-state index in [1.54, 1.807) is 22.2 Å². The van der Waals surface area contributed by atoms with E-state index in [0.29, 0.717) is 12.4 Å². The average molecular weight is 316 g/mol. The quantitative estimate of drug-likeness (QED) is 0.733. The van der Waals surface area contributed by atoms with Crippen molar-refractivity contribution in [3.63, 3.8) is 0 Å². The van der Waals surface area contributed by atoms with Crippen LogP contribution in [0.25, 0.3) is 5.78 Å². The number of rotatable bonds is 3. The van der Waals surface area contributed by atoms with Gasteiger partial charge in [-0.15, -0.1) is 11.3 Å².